The first-order valence-electron chi connectivity index (χ1n) is 3.86. The van der Waals surface area contributed by atoms with Gasteiger partial charge in [0, 0.05) is 6.07 Å². The SMILES string of the molecule is CCc1cc2ocnc2cc1O. The molecule has 0 aliphatic carbocycles. The topological polar surface area (TPSA) is 46.3 Å². The zero-order valence-electron chi connectivity index (χ0n) is 6.74. The van der Waals surface area contributed by atoms with Crippen molar-refractivity contribution in [1.29, 1.82) is 0 Å². The van der Waals surface area contributed by atoms with Crippen LogP contribution < -0.4 is 0 Å². The van der Waals surface area contributed by atoms with Crippen molar-refractivity contribution < 1.29 is 9.52 Å². The minimum atomic E-state index is 0.291. The first-order valence-corrected chi connectivity index (χ1v) is 3.86. The summed E-state index contributed by atoms with van der Waals surface area (Å²) < 4.78 is 5.09. The molecule has 1 N–H and O–H groups in total. The van der Waals surface area contributed by atoms with E-state index in [4.69, 9.17) is 4.42 Å². The summed E-state index contributed by atoms with van der Waals surface area (Å²) in [6.45, 7) is 1.98. The Morgan fingerprint density at radius 1 is 1.50 bits per heavy atom. The van der Waals surface area contributed by atoms with Crippen LogP contribution in [0.25, 0.3) is 11.1 Å². The molecule has 3 nitrogen and oxygen atoms in total. The molecule has 0 aliphatic rings. The van der Waals surface area contributed by atoms with Crippen molar-refractivity contribution in [2.45, 2.75) is 13.3 Å². The van der Waals surface area contributed by atoms with E-state index in [1.165, 1.54) is 6.39 Å². The fraction of sp³-hybridized carbons (Fsp3) is 0.222. The van der Waals surface area contributed by atoms with Crippen molar-refractivity contribution in [3.05, 3.63) is 24.1 Å². The summed E-state index contributed by atoms with van der Waals surface area (Å²) >= 11 is 0. The predicted molar refractivity (Wildman–Crippen MR) is 45.1 cm³/mol. The molecule has 0 saturated carbocycles. The van der Waals surface area contributed by atoms with Gasteiger partial charge in [-0.05, 0) is 18.1 Å². The van der Waals surface area contributed by atoms with Gasteiger partial charge in [0.1, 0.15) is 11.3 Å². The molecule has 2 rings (SSSR count). The van der Waals surface area contributed by atoms with E-state index >= 15 is 0 Å². The fourth-order valence-corrected chi connectivity index (χ4v) is 1.22. The number of phenols is 1. The monoisotopic (exact) mass is 163 g/mol. The van der Waals surface area contributed by atoms with E-state index in [0.717, 1.165) is 17.6 Å². The Bertz CT molecular complexity index is 406. The zero-order chi connectivity index (χ0) is 8.55. The summed E-state index contributed by atoms with van der Waals surface area (Å²) in [4.78, 5) is 3.93. The van der Waals surface area contributed by atoms with Gasteiger partial charge in [0.15, 0.2) is 12.0 Å². The Kier molecular flexibility index (Phi) is 1.50. The third kappa shape index (κ3) is 0.942. The molecule has 0 radical (unpaired) electrons. The number of nitrogens with zero attached hydrogens (tertiary/aromatic N) is 1. The average molecular weight is 163 g/mol. The Labute approximate surface area is 69.7 Å². The molecule has 12 heavy (non-hydrogen) atoms. The number of aryl methyl sites for hydroxylation is 1. The van der Waals surface area contributed by atoms with E-state index in [0.29, 0.717) is 11.3 Å². The van der Waals surface area contributed by atoms with Gasteiger partial charge in [-0.1, -0.05) is 6.92 Å². The molecule has 1 heterocycles. The predicted octanol–water partition coefficient (Wildman–Crippen LogP) is 2.10. The van der Waals surface area contributed by atoms with Crippen molar-refractivity contribution >= 4 is 11.1 Å². The number of hydrogen-bond donors (Lipinski definition) is 1. The highest BCUT2D eigenvalue weighted by molar-refractivity contribution is 5.75. The second-order valence-electron chi connectivity index (χ2n) is 2.65. The van der Waals surface area contributed by atoms with E-state index in [1.54, 1.807) is 6.07 Å². The molecular weight excluding hydrogens is 154 g/mol. The molecule has 1 aromatic carbocycles. The number of hydrogen-bond acceptors (Lipinski definition) is 3. The smallest absolute Gasteiger partial charge is 0.181 e. The van der Waals surface area contributed by atoms with Crippen LogP contribution in [0, 0.1) is 0 Å². The number of rotatable bonds is 1. The second-order valence-corrected chi connectivity index (χ2v) is 2.65. The van der Waals surface area contributed by atoms with Crippen molar-refractivity contribution in [3.8, 4) is 5.75 Å². The highest BCUT2D eigenvalue weighted by atomic mass is 16.3. The van der Waals surface area contributed by atoms with Crippen LogP contribution in [0.3, 0.4) is 0 Å². The van der Waals surface area contributed by atoms with Crippen LogP contribution in [0.5, 0.6) is 5.75 Å². The van der Waals surface area contributed by atoms with Crippen molar-refractivity contribution in [3.63, 3.8) is 0 Å². The third-order valence-corrected chi connectivity index (χ3v) is 1.91. The van der Waals surface area contributed by atoms with E-state index in [9.17, 15) is 5.11 Å². The quantitative estimate of drug-likeness (QED) is 0.700. The lowest BCUT2D eigenvalue weighted by Gasteiger charge is -1.98. The molecule has 3 heteroatoms. The minimum Gasteiger partial charge on any atom is -0.508 e. The normalized spacial score (nSPS) is 10.8. The van der Waals surface area contributed by atoms with Crippen LogP contribution in [-0.4, -0.2) is 10.1 Å². The molecule has 0 fully saturated rings. The lowest BCUT2D eigenvalue weighted by molar-refractivity contribution is 0.469. The van der Waals surface area contributed by atoms with Gasteiger partial charge in [-0.2, -0.15) is 0 Å². The van der Waals surface area contributed by atoms with E-state index < -0.39 is 0 Å². The maximum atomic E-state index is 9.45. The van der Waals surface area contributed by atoms with E-state index in [1.807, 2.05) is 13.0 Å². The van der Waals surface area contributed by atoms with Gasteiger partial charge in [-0.15, -0.1) is 0 Å². The van der Waals surface area contributed by atoms with Gasteiger partial charge in [0.05, 0.1) is 0 Å². The maximum Gasteiger partial charge on any atom is 0.181 e. The standard InChI is InChI=1S/C9H9NO2/c1-2-6-3-9-7(4-8(6)11)10-5-12-9/h3-5,11H,2H2,1H3. The molecule has 0 atom stereocenters. The fourth-order valence-electron chi connectivity index (χ4n) is 1.22. The molecule has 62 valence electrons. The van der Waals surface area contributed by atoms with Crippen LogP contribution in [-0.2, 0) is 6.42 Å². The number of oxazole rings is 1. The van der Waals surface area contributed by atoms with Crippen molar-refractivity contribution in [2.24, 2.45) is 0 Å². The Morgan fingerprint density at radius 3 is 3.08 bits per heavy atom. The largest absolute Gasteiger partial charge is 0.508 e. The Balaban J connectivity index is 2.73. The van der Waals surface area contributed by atoms with Crippen LogP contribution in [0.4, 0.5) is 0 Å². The highest BCUT2D eigenvalue weighted by Gasteiger charge is 2.04. The summed E-state index contributed by atoms with van der Waals surface area (Å²) in [6, 6.07) is 3.44. The van der Waals surface area contributed by atoms with Crippen molar-refractivity contribution in [2.75, 3.05) is 0 Å². The number of aromatic nitrogens is 1. The van der Waals surface area contributed by atoms with E-state index in [2.05, 4.69) is 4.98 Å². The third-order valence-electron chi connectivity index (χ3n) is 1.91. The summed E-state index contributed by atoms with van der Waals surface area (Å²) in [5, 5.41) is 9.45. The second kappa shape index (κ2) is 2.52. The summed E-state index contributed by atoms with van der Waals surface area (Å²) in [7, 11) is 0. The maximum absolute atomic E-state index is 9.45. The molecule has 0 saturated heterocycles. The number of phenolic OH excluding ortho intramolecular Hbond substituents is 1. The van der Waals surface area contributed by atoms with Crippen LogP contribution in [0.2, 0.25) is 0 Å². The van der Waals surface area contributed by atoms with Gasteiger partial charge >= 0.3 is 0 Å². The number of fused-ring (bicyclic) bond motifs is 1. The van der Waals surface area contributed by atoms with Gasteiger partial charge in [0.25, 0.3) is 0 Å². The minimum absolute atomic E-state index is 0.291. The Morgan fingerprint density at radius 2 is 2.33 bits per heavy atom. The first-order chi connectivity index (χ1) is 5.81. The van der Waals surface area contributed by atoms with Gasteiger partial charge < -0.3 is 9.52 Å². The lowest BCUT2D eigenvalue weighted by atomic mass is 10.1. The number of benzene rings is 1. The van der Waals surface area contributed by atoms with Crippen LogP contribution >= 0.6 is 0 Å². The Hall–Kier alpha value is -1.51. The molecule has 0 bridgehead atoms. The molecular formula is C9H9NO2. The van der Waals surface area contributed by atoms with Gasteiger partial charge in [-0.25, -0.2) is 4.98 Å². The van der Waals surface area contributed by atoms with Crippen molar-refractivity contribution in [1.82, 2.24) is 4.98 Å². The molecule has 0 unspecified atom stereocenters. The molecule has 0 amide bonds. The summed E-state index contributed by atoms with van der Waals surface area (Å²) in [5.74, 6) is 0.291. The van der Waals surface area contributed by atoms with Crippen LogP contribution in [0.1, 0.15) is 12.5 Å². The van der Waals surface area contributed by atoms with Gasteiger partial charge in [-0.3, -0.25) is 0 Å². The highest BCUT2D eigenvalue weighted by Crippen LogP contribution is 2.24. The number of aromatic hydroxyl groups is 1. The summed E-state index contributed by atoms with van der Waals surface area (Å²) in [6.07, 6.45) is 2.17. The molecule has 0 spiro atoms. The van der Waals surface area contributed by atoms with Crippen LogP contribution in [0.15, 0.2) is 22.9 Å². The summed E-state index contributed by atoms with van der Waals surface area (Å²) in [5.41, 5.74) is 2.31. The first kappa shape index (κ1) is 7.16. The van der Waals surface area contributed by atoms with E-state index in [-0.39, 0.29) is 0 Å². The molecule has 2 aromatic rings. The molecule has 1 aromatic heterocycles. The van der Waals surface area contributed by atoms with Gasteiger partial charge in [0.2, 0.25) is 0 Å². The lowest BCUT2D eigenvalue weighted by Crippen LogP contribution is -1.80. The average Bonchev–Trinajstić information content (AvgIpc) is 2.49. The molecule has 0 aliphatic heterocycles. The zero-order valence-corrected chi connectivity index (χ0v) is 6.74.